The highest BCUT2D eigenvalue weighted by atomic mass is 35.5. The van der Waals surface area contributed by atoms with Crippen LogP contribution in [-0.4, -0.2) is 7.11 Å². The second-order valence-electron chi connectivity index (χ2n) is 4.38. The molecule has 1 unspecified atom stereocenters. The fourth-order valence-electron chi connectivity index (χ4n) is 1.91. The van der Waals surface area contributed by atoms with Crippen molar-refractivity contribution in [1.82, 2.24) is 0 Å². The molecule has 2 aromatic carbocycles. The van der Waals surface area contributed by atoms with Gasteiger partial charge in [-0.15, -0.1) is 11.6 Å². The molecule has 2 aromatic rings. The van der Waals surface area contributed by atoms with Gasteiger partial charge < -0.3 is 4.74 Å². The van der Waals surface area contributed by atoms with Crippen LogP contribution < -0.4 is 4.74 Å². The number of methoxy groups -OCH3 is 1. The van der Waals surface area contributed by atoms with Crippen LogP contribution in [0.1, 0.15) is 22.1 Å². The number of ether oxygens (including phenoxy) is 1. The molecule has 0 fully saturated rings. The van der Waals surface area contributed by atoms with Gasteiger partial charge in [0.1, 0.15) is 5.75 Å². The van der Waals surface area contributed by atoms with E-state index in [0.29, 0.717) is 21.9 Å². The van der Waals surface area contributed by atoms with Gasteiger partial charge in [0.05, 0.1) is 23.1 Å². The van der Waals surface area contributed by atoms with Crippen molar-refractivity contribution < 1.29 is 17.9 Å². The Morgan fingerprint density at radius 2 is 1.71 bits per heavy atom. The van der Waals surface area contributed by atoms with Gasteiger partial charge in [0.25, 0.3) is 0 Å². The zero-order chi connectivity index (χ0) is 15.6. The summed E-state index contributed by atoms with van der Waals surface area (Å²) >= 11 is 12.3. The van der Waals surface area contributed by atoms with Gasteiger partial charge in [-0.2, -0.15) is 13.2 Å². The molecule has 0 aromatic heterocycles. The Kier molecular flexibility index (Phi) is 4.69. The highest BCUT2D eigenvalue weighted by Gasteiger charge is 2.31. The number of rotatable bonds is 3. The Labute approximate surface area is 130 Å². The molecule has 0 amide bonds. The van der Waals surface area contributed by atoms with E-state index in [1.54, 1.807) is 24.3 Å². The SMILES string of the molecule is COc1ccc(C(Cl)c2cccc(C(F)(F)F)c2)cc1Cl. The standard InChI is InChI=1S/C15H11Cl2F3O/c1-21-13-6-5-10(8-12(13)16)14(17)9-3-2-4-11(7-9)15(18,19)20/h2-8,14H,1H3. The van der Waals surface area contributed by atoms with E-state index in [-0.39, 0.29) is 0 Å². The number of hydrogen-bond donors (Lipinski definition) is 0. The summed E-state index contributed by atoms with van der Waals surface area (Å²) in [5.74, 6) is 0.480. The third kappa shape index (κ3) is 3.63. The van der Waals surface area contributed by atoms with E-state index in [9.17, 15) is 13.2 Å². The van der Waals surface area contributed by atoms with E-state index in [4.69, 9.17) is 27.9 Å². The van der Waals surface area contributed by atoms with Crippen molar-refractivity contribution in [2.75, 3.05) is 7.11 Å². The minimum absolute atomic E-state index is 0.354. The van der Waals surface area contributed by atoms with E-state index < -0.39 is 17.1 Å². The zero-order valence-electron chi connectivity index (χ0n) is 10.9. The number of halogens is 5. The first-order valence-corrected chi connectivity index (χ1v) is 6.79. The average molecular weight is 335 g/mol. The number of benzene rings is 2. The molecule has 0 N–H and O–H groups in total. The molecule has 112 valence electrons. The number of alkyl halides is 4. The Morgan fingerprint density at radius 3 is 2.29 bits per heavy atom. The minimum Gasteiger partial charge on any atom is -0.495 e. The lowest BCUT2D eigenvalue weighted by Crippen LogP contribution is -2.06. The maximum absolute atomic E-state index is 12.7. The molecule has 0 heterocycles. The Bertz CT molecular complexity index is 641. The van der Waals surface area contributed by atoms with Gasteiger partial charge in [-0.3, -0.25) is 0 Å². The topological polar surface area (TPSA) is 9.23 Å². The van der Waals surface area contributed by atoms with Gasteiger partial charge in [0, 0.05) is 0 Å². The molecule has 0 saturated carbocycles. The molecule has 0 radical (unpaired) electrons. The summed E-state index contributed by atoms with van der Waals surface area (Å²) in [5, 5.41) is -0.372. The van der Waals surface area contributed by atoms with Gasteiger partial charge in [0.2, 0.25) is 0 Å². The Hall–Kier alpha value is -1.39. The van der Waals surface area contributed by atoms with Crippen molar-refractivity contribution in [2.24, 2.45) is 0 Å². The van der Waals surface area contributed by atoms with Crippen LogP contribution in [0.25, 0.3) is 0 Å². The summed E-state index contributed by atoms with van der Waals surface area (Å²) in [6, 6.07) is 9.80. The first-order chi connectivity index (χ1) is 9.82. The van der Waals surface area contributed by atoms with Crippen LogP contribution in [0.5, 0.6) is 5.75 Å². The van der Waals surface area contributed by atoms with Crippen LogP contribution in [0.3, 0.4) is 0 Å². The molecule has 0 aliphatic rings. The molecule has 0 bridgehead atoms. The van der Waals surface area contributed by atoms with Crippen LogP contribution in [0.4, 0.5) is 13.2 Å². The molecule has 2 rings (SSSR count). The molecule has 0 aliphatic heterocycles. The van der Waals surface area contributed by atoms with E-state index >= 15 is 0 Å². The lowest BCUT2D eigenvalue weighted by Gasteiger charge is -2.14. The quantitative estimate of drug-likeness (QED) is 0.654. The van der Waals surface area contributed by atoms with E-state index in [2.05, 4.69) is 0 Å². The summed E-state index contributed by atoms with van der Waals surface area (Å²) in [5.41, 5.74) is 0.222. The molecular weight excluding hydrogens is 324 g/mol. The smallest absolute Gasteiger partial charge is 0.416 e. The first-order valence-electron chi connectivity index (χ1n) is 5.97. The number of hydrogen-bond acceptors (Lipinski definition) is 1. The fraction of sp³-hybridized carbons (Fsp3) is 0.200. The van der Waals surface area contributed by atoms with Crippen LogP contribution in [-0.2, 0) is 6.18 Å². The van der Waals surface area contributed by atoms with Crippen LogP contribution in [0.15, 0.2) is 42.5 Å². The summed E-state index contributed by atoms with van der Waals surface area (Å²) in [4.78, 5) is 0. The summed E-state index contributed by atoms with van der Waals surface area (Å²) in [6.45, 7) is 0. The van der Waals surface area contributed by atoms with E-state index in [0.717, 1.165) is 12.1 Å². The van der Waals surface area contributed by atoms with E-state index in [1.165, 1.54) is 13.2 Å². The summed E-state index contributed by atoms with van der Waals surface area (Å²) in [6.07, 6.45) is -4.40. The molecule has 0 spiro atoms. The molecule has 1 atom stereocenters. The molecule has 6 heteroatoms. The fourth-order valence-corrected chi connectivity index (χ4v) is 2.44. The summed E-state index contributed by atoms with van der Waals surface area (Å²) in [7, 11) is 1.48. The predicted octanol–water partition coefficient (Wildman–Crippen LogP) is 5.70. The Morgan fingerprint density at radius 1 is 1.05 bits per heavy atom. The molecule has 0 aliphatic carbocycles. The molecule has 0 saturated heterocycles. The van der Waals surface area contributed by atoms with Crippen LogP contribution in [0.2, 0.25) is 5.02 Å². The van der Waals surface area contributed by atoms with Gasteiger partial charge >= 0.3 is 6.18 Å². The van der Waals surface area contributed by atoms with Gasteiger partial charge in [0.15, 0.2) is 0 Å². The zero-order valence-corrected chi connectivity index (χ0v) is 12.4. The highest BCUT2D eigenvalue weighted by molar-refractivity contribution is 6.32. The van der Waals surface area contributed by atoms with Crippen molar-refractivity contribution in [1.29, 1.82) is 0 Å². The van der Waals surface area contributed by atoms with Crippen LogP contribution in [0, 0.1) is 0 Å². The Balaban J connectivity index is 2.36. The van der Waals surface area contributed by atoms with Gasteiger partial charge in [-0.05, 0) is 35.4 Å². The third-order valence-corrected chi connectivity index (χ3v) is 3.77. The van der Waals surface area contributed by atoms with Crippen molar-refractivity contribution in [2.45, 2.75) is 11.6 Å². The second kappa shape index (κ2) is 6.16. The minimum atomic E-state index is -4.40. The monoisotopic (exact) mass is 334 g/mol. The molecule has 1 nitrogen and oxygen atoms in total. The largest absolute Gasteiger partial charge is 0.495 e. The maximum atomic E-state index is 12.7. The van der Waals surface area contributed by atoms with Crippen molar-refractivity contribution in [3.8, 4) is 5.75 Å². The van der Waals surface area contributed by atoms with Crippen molar-refractivity contribution in [3.05, 3.63) is 64.2 Å². The van der Waals surface area contributed by atoms with Crippen LogP contribution >= 0.6 is 23.2 Å². The van der Waals surface area contributed by atoms with Gasteiger partial charge in [-0.25, -0.2) is 0 Å². The van der Waals surface area contributed by atoms with Gasteiger partial charge in [-0.1, -0.05) is 29.8 Å². The second-order valence-corrected chi connectivity index (χ2v) is 5.22. The highest BCUT2D eigenvalue weighted by Crippen LogP contribution is 2.36. The third-order valence-electron chi connectivity index (χ3n) is 2.98. The summed E-state index contributed by atoms with van der Waals surface area (Å²) < 4.78 is 43.2. The van der Waals surface area contributed by atoms with Crippen molar-refractivity contribution >= 4 is 23.2 Å². The molecule has 21 heavy (non-hydrogen) atoms. The van der Waals surface area contributed by atoms with E-state index in [1.807, 2.05) is 0 Å². The lowest BCUT2D eigenvalue weighted by molar-refractivity contribution is -0.137. The normalized spacial score (nSPS) is 13.0. The molecular formula is C15H11Cl2F3O. The van der Waals surface area contributed by atoms with Crippen molar-refractivity contribution in [3.63, 3.8) is 0 Å². The maximum Gasteiger partial charge on any atom is 0.416 e. The predicted molar refractivity (Wildman–Crippen MR) is 77.1 cm³/mol. The average Bonchev–Trinajstić information content (AvgIpc) is 2.45. The first kappa shape index (κ1) is 16.0. The lowest BCUT2D eigenvalue weighted by atomic mass is 10.0.